The number of aldehydes is 1. The Balaban J connectivity index is 0.870. The van der Waals surface area contributed by atoms with Crippen LogP contribution in [0.25, 0.3) is 0 Å². The van der Waals surface area contributed by atoms with E-state index in [1.54, 1.807) is 6.92 Å². The number of rotatable bonds is 17. The molecule has 0 aromatic rings. The number of ether oxygens (including phenoxy) is 14. The topological polar surface area (TPSA) is 498 Å². The maximum atomic E-state index is 15.9. The summed E-state index contributed by atoms with van der Waals surface area (Å²) in [7, 11) is 0. The molecule has 0 aromatic heterocycles. The van der Waals surface area contributed by atoms with Gasteiger partial charge in [0.2, 0.25) is 6.29 Å². The molecule has 33 heteroatoms. The third-order valence-electron chi connectivity index (χ3n) is 25.3. The molecule has 6 aliphatic heterocycles. The van der Waals surface area contributed by atoms with Crippen molar-refractivity contribution in [2.75, 3.05) is 19.8 Å². The summed E-state index contributed by atoms with van der Waals surface area (Å²) < 4.78 is 84.7. The van der Waals surface area contributed by atoms with Crippen molar-refractivity contribution in [3.8, 4) is 0 Å². The van der Waals surface area contributed by atoms with E-state index in [2.05, 4.69) is 40.7 Å². The van der Waals surface area contributed by atoms with Crippen LogP contribution < -0.4 is 0 Å². The minimum absolute atomic E-state index is 0.111. The molecular formula is C68H104O33. The highest BCUT2D eigenvalue weighted by atomic mass is 16.8. The van der Waals surface area contributed by atoms with Crippen molar-refractivity contribution < 1.29 is 162 Å². The first-order valence-electron chi connectivity index (χ1n) is 35.2. The molecule has 14 N–H and O–H groups in total. The van der Waals surface area contributed by atoms with Crippen LogP contribution in [0.3, 0.4) is 0 Å². The Labute approximate surface area is 583 Å². The van der Waals surface area contributed by atoms with Gasteiger partial charge in [-0.1, -0.05) is 53.2 Å². The maximum absolute atomic E-state index is 15.9. The molecule has 0 amide bonds. The van der Waals surface area contributed by atoms with Crippen LogP contribution in [0.2, 0.25) is 0 Å². The van der Waals surface area contributed by atoms with Crippen molar-refractivity contribution in [1.29, 1.82) is 0 Å². The minimum atomic E-state index is -2.20. The summed E-state index contributed by atoms with van der Waals surface area (Å²) in [5.74, 6) is -4.99. The van der Waals surface area contributed by atoms with E-state index in [0.29, 0.717) is 57.8 Å². The van der Waals surface area contributed by atoms with Crippen LogP contribution in [0.15, 0.2) is 11.6 Å². The van der Waals surface area contributed by atoms with Crippen LogP contribution in [0.1, 0.15) is 133 Å². The lowest BCUT2D eigenvalue weighted by Crippen LogP contribution is -2.69. The zero-order valence-corrected chi connectivity index (χ0v) is 58.3. The van der Waals surface area contributed by atoms with E-state index in [1.807, 2.05) is 0 Å². The third kappa shape index (κ3) is 13.9. The number of aliphatic hydroxyl groups is 13. The number of carboxylic acid groups (broad SMARTS) is 1. The van der Waals surface area contributed by atoms with Crippen LogP contribution in [0.5, 0.6) is 0 Å². The van der Waals surface area contributed by atoms with Crippen molar-refractivity contribution in [3.63, 3.8) is 0 Å². The predicted molar refractivity (Wildman–Crippen MR) is 333 cm³/mol. The van der Waals surface area contributed by atoms with E-state index in [1.165, 1.54) is 13.8 Å². The Bertz CT molecular complexity index is 3010. The van der Waals surface area contributed by atoms with Crippen LogP contribution in [0.4, 0.5) is 0 Å². The van der Waals surface area contributed by atoms with Gasteiger partial charge < -0.3 is 143 Å². The minimum Gasteiger partial charge on any atom is -0.479 e. The summed E-state index contributed by atoms with van der Waals surface area (Å²) in [6.45, 7) is 16.0. The summed E-state index contributed by atoms with van der Waals surface area (Å²) in [6.07, 6.45) is -42.6. The molecule has 0 bridgehead atoms. The molecular weight excluding hydrogens is 1340 g/mol. The number of hydrogen-bond acceptors (Lipinski definition) is 32. The number of aliphatic hydroxyl groups excluding tert-OH is 13. The first-order chi connectivity index (χ1) is 47.3. The molecule has 6 heterocycles. The van der Waals surface area contributed by atoms with Crippen LogP contribution in [0, 0.1) is 50.2 Å². The number of esters is 3. The van der Waals surface area contributed by atoms with Gasteiger partial charge in [0.1, 0.15) is 104 Å². The Morgan fingerprint density at radius 3 is 1.65 bits per heavy atom. The number of carboxylic acids is 1. The van der Waals surface area contributed by atoms with Gasteiger partial charge in [0, 0.05) is 13.8 Å². The van der Waals surface area contributed by atoms with Gasteiger partial charge in [0.05, 0.1) is 49.0 Å². The molecule has 0 unspecified atom stereocenters. The van der Waals surface area contributed by atoms with Crippen LogP contribution in [-0.2, 0) is 90.3 Å². The zero-order valence-electron chi connectivity index (χ0n) is 58.3. The number of fused-ring (bicyclic) bond motifs is 7. The molecule has 5 aliphatic carbocycles. The molecule has 33 nitrogen and oxygen atoms in total. The molecule has 0 spiro atoms. The first-order valence-corrected chi connectivity index (χ1v) is 35.2. The second-order valence-electron chi connectivity index (χ2n) is 31.8. The average Bonchev–Trinajstić information content (AvgIpc) is 0.675. The monoisotopic (exact) mass is 1450 g/mol. The smallest absolute Gasteiger partial charge is 0.335 e. The van der Waals surface area contributed by atoms with E-state index < -0.39 is 261 Å². The summed E-state index contributed by atoms with van der Waals surface area (Å²) >= 11 is 0. The zero-order chi connectivity index (χ0) is 73.9. The second-order valence-corrected chi connectivity index (χ2v) is 31.8. The standard InChI is InChI=1S/C68H104O33/c1-26-48(96-56-43(80)38(75)32(73)23-88-56)42(79)46(83)58(90-26)100-54-52(93-29(4)72)49(92-28(3)71)27(2)91-60(54)101-62(87)68-19-17-63(5,6)21-31(68)30-11-12-36-64(7)15-14-37(65(8,25-70)35(64)13-16-67(36,10)66(30,9)18-20-68)95-61-53(99-59-45(82)41(78)40(77)34(22-69)94-59)50(47(84)51(98-61)55(85)86)97-57-44(81)39(76)33(74)24-89-57/h11,25-27,31-54,56-61,69,73-84H,12-24H2,1-10H3,(H,85,86)/t26-,27+,31-,32+,33+,34+,35+,36+,37-,38-,39-,40-,41-,42-,43+,44+,45+,46+,47-,48-,49-,50-,51-,52-,53+,54+,56-,57-,58-,59-,60-,61+,64-,65-,66+,67+,68-/m0/s1. The van der Waals surface area contributed by atoms with Gasteiger partial charge in [-0.2, -0.15) is 0 Å². The number of allylic oxidation sites excluding steroid dienone is 2. The van der Waals surface area contributed by atoms with Gasteiger partial charge >= 0.3 is 23.9 Å². The van der Waals surface area contributed by atoms with Crippen molar-refractivity contribution >= 4 is 30.2 Å². The lowest BCUT2D eigenvalue weighted by Gasteiger charge is -2.71. The van der Waals surface area contributed by atoms with Crippen LogP contribution in [-0.4, -0.2) is 300 Å². The Hall–Kier alpha value is -3.67. The molecule has 101 heavy (non-hydrogen) atoms. The normalized spacial score (nSPS) is 52.0. The second kappa shape index (κ2) is 29.5. The number of aliphatic carboxylic acids is 1. The largest absolute Gasteiger partial charge is 0.479 e. The summed E-state index contributed by atoms with van der Waals surface area (Å²) in [5, 5.41) is 151. The summed E-state index contributed by atoms with van der Waals surface area (Å²) in [5.41, 5.74) is -3.51. The van der Waals surface area contributed by atoms with Crippen molar-refractivity contribution in [2.45, 2.75) is 312 Å². The van der Waals surface area contributed by atoms with Crippen LogP contribution >= 0.6 is 0 Å². The lowest BCUT2D eigenvalue weighted by atomic mass is 9.33. The fourth-order valence-corrected chi connectivity index (χ4v) is 19.3. The predicted octanol–water partition coefficient (Wildman–Crippen LogP) is -2.64. The number of carbonyl (C=O) groups excluding carboxylic acids is 4. The molecule has 6 saturated heterocycles. The number of carbonyl (C=O) groups is 5. The Kier molecular flexibility index (Phi) is 22.9. The molecule has 11 aliphatic rings. The highest BCUT2D eigenvalue weighted by Gasteiger charge is 2.72. The number of hydrogen-bond donors (Lipinski definition) is 14. The molecule has 10 fully saturated rings. The van der Waals surface area contributed by atoms with Crippen molar-refractivity contribution in [1.82, 2.24) is 0 Å². The molecule has 574 valence electrons. The molecule has 37 atom stereocenters. The van der Waals surface area contributed by atoms with Gasteiger partial charge in [0.15, 0.2) is 55.9 Å². The summed E-state index contributed by atoms with van der Waals surface area (Å²) in [6, 6.07) is 0. The SMILES string of the molecule is CC(=O)O[C@H]1[C@@H](OC(C)=O)[C@@H](C)O[C@@H](OC(=O)[C@]23CCC(C)(C)C[C@H]2C2=CC[C@@H]4[C@@]5(C)CC[C@H](O[C@@H]6O[C@H](C(=O)O)[C@@H](O)[C@H](O[C@@H]7OC[C@@H](O)[C@H](O)[C@H]7O)[C@H]6O[C@@H]6O[C@H](CO)[C@H](O)[C@H](O)[C@H]6O)[C@@](C)(C=O)[C@@H]5CC[C@@]4(C)[C@]2(C)CC3)[C@@H]1O[C@@H]1O[C@@H](C)[C@H](O[C@@H]2OC[C@@H](O)[C@H](O)[C@H]2O)[C@@H](O)[C@H]1O. The molecule has 0 radical (unpaired) electrons. The fraction of sp³-hybridized carbons (Fsp3) is 0.897. The lowest BCUT2D eigenvalue weighted by molar-refractivity contribution is -0.391. The quantitative estimate of drug-likeness (QED) is 0.0233. The van der Waals surface area contributed by atoms with Crippen molar-refractivity contribution in [2.24, 2.45) is 50.2 Å². The van der Waals surface area contributed by atoms with E-state index in [4.69, 9.17) is 66.3 Å². The van der Waals surface area contributed by atoms with Crippen molar-refractivity contribution in [3.05, 3.63) is 11.6 Å². The first kappa shape index (κ1) is 78.4. The maximum Gasteiger partial charge on any atom is 0.335 e. The summed E-state index contributed by atoms with van der Waals surface area (Å²) in [4.78, 5) is 68.9. The Morgan fingerprint density at radius 1 is 0.525 bits per heavy atom. The molecule has 11 rings (SSSR count). The fourth-order valence-electron chi connectivity index (χ4n) is 19.3. The van der Waals surface area contributed by atoms with E-state index in [9.17, 15) is 90.7 Å². The highest BCUT2D eigenvalue weighted by Crippen LogP contribution is 2.76. The van der Waals surface area contributed by atoms with E-state index >= 15 is 4.79 Å². The molecule has 0 aromatic carbocycles. The van der Waals surface area contributed by atoms with Gasteiger partial charge in [-0.05, 0) is 117 Å². The van der Waals surface area contributed by atoms with Gasteiger partial charge in [-0.15, -0.1) is 0 Å². The van der Waals surface area contributed by atoms with Gasteiger partial charge in [0.25, 0.3) is 0 Å². The van der Waals surface area contributed by atoms with Gasteiger partial charge in [-0.3, -0.25) is 14.4 Å². The third-order valence-corrected chi connectivity index (χ3v) is 25.3. The molecule has 4 saturated carbocycles. The van der Waals surface area contributed by atoms with E-state index in [0.717, 1.165) is 25.7 Å². The Morgan fingerprint density at radius 2 is 1.06 bits per heavy atom. The highest BCUT2D eigenvalue weighted by molar-refractivity contribution is 5.79. The van der Waals surface area contributed by atoms with Gasteiger partial charge in [-0.25, -0.2) is 4.79 Å². The van der Waals surface area contributed by atoms with E-state index in [-0.39, 0.29) is 17.8 Å². The average molecular weight is 1450 g/mol.